The van der Waals surface area contributed by atoms with E-state index in [2.05, 4.69) is 30.7 Å². The Labute approximate surface area is 164 Å². The van der Waals surface area contributed by atoms with Gasteiger partial charge in [-0.1, -0.05) is 30.1 Å². The molecule has 3 heterocycles. The highest BCUT2D eigenvalue weighted by molar-refractivity contribution is 6.42. The third kappa shape index (κ3) is 3.02. The van der Waals surface area contributed by atoms with Crippen LogP contribution in [-0.2, 0) is 0 Å². The molecule has 1 fully saturated rings. The molecule has 0 spiro atoms. The Hall–Kier alpha value is -1.56. The van der Waals surface area contributed by atoms with Crippen molar-refractivity contribution in [2.75, 3.05) is 33.2 Å². The molecule has 0 N–H and O–H groups in total. The molecule has 3 aliphatic rings. The predicted octanol–water partition coefficient (Wildman–Crippen LogP) is 4.44. The number of rotatable bonds is 1. The Morgan fingerprint density at radius 2 is 1.77 bits per heavy atom. The van der Waals surface area contributed by atoms with Crippen LogP contribution >= 0.6 is 23.2 Å². The average Bonchev–Trinajstić information content (AvgIpc) is 2.62. The van der Waals surface area contributed by atoms with Gasteiger partial charge in [-0.2, -0.15) is 10.1 Å². The first-order valence-electron chi connectivity index (χ1n) is 9.05. The number of allylic oxidation sites excluding steroid dienone is 1. The van der Waals surface area contributed by atoms with Crippen molar-refractivity contribution < 1.29 is 0 Å². The van der Waals surface area contributed by atoms with Crippen LogP contribution in [0.4, 0.5) is 5.69 Å². The summed E-state index contributed by atoms with van der Waals surface area (Å²) in [6, 6.07) is 3.80. The van der Waals surface area contributed by atoms with Crippen molar-refractivity contribution in [3.8, 4) is 0 Å². The topological polar surface area (TPSA) is 34.4 Å². The molecule has 0 radical (unpaired) electrons. The maximum Gasteiger partial charge on any atom is 0.227 e. The minimum absolute atomic E-state index is 0.537. The largest absolute Gasteiger partial charge is 0.338 e. The lowest BCUT2D eigenvalue weighted by Crippen LogP contribution is -2.52. The van der Waals surface area contributed by atoms with Crippen molar-refractivity contribution in [3.63, 3.8) is 0 Å². The highest BCUT2D eigenvalue weighted by atomic mass is 35.5. The zero-order chi connectivity index (χ0) is 18.4. The first-order chi connectivity index (χ1) is 12.5. The van der Waals surface area contributed by atoms with Crippen LogP contribution in [0.25, 0.3) is 5.70 Å². The molecule has 1 aromatic carbocycles. The summed E-state index contributed by atoms with van der Waals surface area (Å²) in [6.45, 7) is 8.18. The van der Waals surface area contributed by atoms with E-state index in [1.54, 1.807) is 0 Å². The first kappa shape index (κ1) is 17.8. The molecule has 4 rings (SSSR count). The average molecular weight is 392 g/mol. The molecule has 3 aliphatic heterocycles. The lowest BCUT2D eigenvalue weighted by atomic mass is 9.96. The minimum Gasteiger partial charge on any atom is -0.338 e. The fourth-order valence-corrected chi connectivity index (χ4v) is 4.05. The third-order valence-electron chi connectivity index (χ3n) is 5.20. The van der Waals surface area contributed by atoms with Gasteiger partial charge in [0.15, 0.2) is 0 Å². The summed E-state index contributed by atoms with van der Waals surface area (Å²) in [5.74, 6) is 0.893. The molecule has 138 valence electrons. The highest BCUT2D eigenvalue weighted by Gasteiger charge is 2.34. The monoisotopic (exact) mass is 391 g/mol. The number of aliphatic imine (C=N–C) groups is 1. The molecule has 5 nitrogen and oxygen atoms in total. The van der Waals surface area contributed by atoms with Crippen LogP contribution in [0.2, 0.25) is 10.0 Å². The number of piperazine rings is 1. The molecule has 1 saturated heterocycles. The standard InChI is InChI=1S/C19H23Cl2N5/c1-4-13-9-12(2)23-26-18(13)14-10-15(20)16(21)11-17(14)22-19(26)25-7-5-24(3)6-8-25/h10-11H,4-9H2,1-3H3. The van der Waals surface area contributed by atoms with Gasteiger partial charge in [0.2, 0.25) is 5.96 Å². The second kappa shape index (κ2) is 6.87. The third-order valence-corrected chi connectivity index (χ3v) is 5.93. The van der Waals surface area contributed by atoms with E-state index in [1.165, 1.54) is 5.57 Å². The Morgan fingerprint density at radius 1 is 1.08 bits per heavy atom. The molecule has 0 amide bonds. The summed E-state index contributed by atoms with van der Waals surface area (Å²) in [6.07, 6.45) is 1.85. The molecule has 0 unspecified atom stereocenters. The number of benzene rings is 1. The Balaban J connectivity index is 1.88. The maximum absolute atomic E-state index is 6.32. The van der Waals surface area contributed by atoms with E-state index < -0.39 is 0 Å². The minimum atomic E-state index is 0.537. The van der Waals surface area contributed by atoms with E-state index in [4.69, 9.17) is 33.3 Å². The summed E-state index contributed by atoms with van der Waals surface area (Å²) in [7, 11) is 2.15. The molecule has 1 aromatic rings. The van der Waals surface area contributed by atoms with E-state index in [-0.39, 0.29) is 0 Å². The zero-order valence-corrected chi connectivity index (χ0v) is 16.9. The van der Waals surface area contributed by atoms with Crippen LogP contribution < -0.4 is 0 Å². The van der Waals surface area contributed by atoms with Crippen LogP contribution in [0.5, 0.6) is 0 Å². The van der Waals surface area contributed by atoms with Crippen molar-refractivity contribution in [3.05, 3.63) is 33.3 Å². The highest BCUT2D eigenvalue weighted by Crippen LogP contribution is 2.43. The van der Waals surface area contributed by atoms with Gasteiger partial charge in [-0.15, -0.1) is 0 Å². The summed E-state index contributed by atoms with van der Waals surface area (Å²) >= 11 is 12.6. The number of fused-ring (bicyclic) bond motifs is 3. The van der Waals surface area contributed by atoms with Crippen molar-refractivity contribution in [1.29, 1.82) is 0 Å². The zero-order valence-electron chi connectivity index (χ0n) is 15.4. The van der Waals surface area contributed by atoms with Crippen LogP contribution in [-0.4, -0.2) is 59.7 Å². The number of likely N-dealkylation sites (N-methyl/N-ethyl adjacent to an activating group) is 1. The Kier molecular flexibility index (Phi) is 4.71. The maximum atomic E-state index is 6.32. The molecular weight excluding hydrogens is 369 g/mol. The number of halogens is 2. The van der Waals surface area contributed by atoms with E-state index >= 15 is 0 Å². The van der Waals surface area contributed by atoms with Gasteiger partial charge in [0.05, 0.1) is 21.4 Å². The number of nitrogens with zero attached hydrogens (tertiary/aromatic N) is 5. The lowest BCUT2D eigenvalue weighted by Gasteiger charge is -2.41. The number of hydrogen-bond acceptors (Lipinski definition) is 5. The van der Waals surface area contributed by atoms with Gasteiger partial charge in [0.1, 0.15) is 0 Å². The molecule has 0 saturated carbocycles. The molecule has 0 aromatic heterocycles. The second-order valence-corrected chi connectivity index (χ2v) is 7.93. The summed E-state index contributed by atoms with van der Waals surface area (Å²) in [4.78, 5) is 9.61. The molecule has 0 aliphatic carbocycles. The fraction of sp³-hybridized carbons (Fsp3) is 0.474. The van der Waals surface area contributed by atoms with Gasteiger partial charge in [-0.25, -0.2) is 4.99 Å². The number of hydrogen-bond donors (Lipinski definition) is 0. The van der Waals surface area contributed by atoms with E-state index in [0.717, 1.165) is 67.6 Å². The van der Waals surface area contributed by atoms with Crippen molar-refractivity contribution in [2.45, 2.75) is 26.7 Å². The second-order valence-electron chi connectivity index (χ2n) is 7.12. The van der Waals surface area contributed by atoms with E-state index in [0.29, 0.717) is 10.0 Å². The van der Waals surface area contributed by atoms with Crippen LogP contribution in [0, 0.1) is 0 Å². The smallest absolute Gasteiger partial charge is 0.227 e. The van der Waals surface area contributed by atoms with Crippen LogP contribution in [0.15, 0.2) is 27.8 Å². The van der Waals surface area contributed by atoms with Crippen LogP contribution in [0.1, 0.15) is 32.3 Å². The van der Waals surface area contributed by atoms with Crippen molar-refractivity contribution >= 4 is 46.3 Å². The number of hydrazone groups is 1. The lowest BCUT2D eigenvalue weighted by molar-refractivity contribution is 0.203. The predicted molar refractivity (Wildman–Crippen MR) is 109 cm³/mol. The SMILES string of the molecule is CCC1=C2c3cc(Cl)c(Cl)cc3N=C(N3CCN(C)CC3)N2N=C(C)C1. The summed E-state index contributed by atoms with van der Waals surface area (Å²) in [5.41, 5.74) is 5.48. The van der Waals surface area contributed by atoms with Gasteiger partial charge in [0, 0.05) is 43.9 Å². The molecule has 7 heteroatoms. The van der Waals surface area contributed by atoms with Crippen LogP contribution in [0.3, 0.4) is 0 Å². The summed E-state index contributed by atoms with van der Waals surface area (Å²) in [5, 5.41) is 7.97. The molecular formula is C19H23Cl2N5. The van der Waals surface area contributed by atoms with Gasteiger partial charge in [-0.05, 0) is 38.1 Å². The molecule has 26 heavy (non-hydrogen) atoms. The number of guanidine groups is 1. The van der Waals surface area contributed by atoms with Gasteiger partial charge in [-0.3, -0.25) is 0 Å². The van der Waals surface area contributed by atoms with Gasteiger partial charge in [0.25, 0.3) is 0 Å². The quantitative estimate of drug-likeness (QED) is 0.709. The van der Waals surface area contributed by atoms with E-state index in [1.807, 2.05) is 17.1 Å². The van der Waals surface area contributed by atoms with Gasteiger partial charge < -0.3 is 9.80 Å². The summed E-state index contributed by atoms with van der Waals surface area (Å²) < 4.78 is 0. The normalized spacial score (nSPS) is 20.7. The Bertz CT molecular complexity index is 835. The van der Waals surface area contributed by atoms with Crippen molar-refractivity contribution in [2.24, 2.45) is 10.1 Å². The fourth-order valence-electron chi connectivity index (χ4n) is 3.72. The Morgan fingerprint density at radius 3 is 2.46 bits per heavy atom. The van der Waals surface area contributed by atoms with E-state index in [9.17, 15) is 0 Å². The molecule has 0 atom stereocenters. The first-order valence-corrected chi connectivity index (χ1v) is 9.81. The molecule has 0 bridgehead atoms. The van der Waals surface area contributed by atoms with Gasteiger partial charge >= 0.3 is 0 Å². The van der Waals surface area contributed by atoms with Crippen molar-refractivity contribution in [1.82, 2.24) is 14.8 Å².